The average Bonchev–Trinajstić information content (AvgIpc) is 2.84. The molecule has 3 rings (SSSR count). The summed E-state index contributed by atoms with van der Waals surface area (Å²) in [4.78, 5) is 0. The molecule has 21 heavy (non-hydrogen) atoms. The van der Waals surface area contributed by atoms with Gasteiger partial charge in [0, 0.05) is 9.13 Å². The number of aryl methyl sites for hydroxylation is 2. The molecular formula is C17H15IN2O. The monoisotopic (exact) mass is 390 g/mol. The van der Waals surface area contributed by atoms with Gasteiger partial charge in [-0.25, -0.2) is 0 Å². The molecule has 0 saturated carbocycles. The molecule has 0 aliphatic rings. The first-order valence-electron chi connectivity index (χ1n) is 6.66. The van der Waals surface area contributed by atoms with Gasteiger partial charge < -0.3 is 10.3 Å². The van der Waals surface area contributed by atoms with Crippen molar-refractivity contribution in [2.45, 2.75) is 13.8 Å². The Balaban J connectivity index is 2.28. The van der Waals surface area contributed by atoms with Gasteiger partial charge >= 0.3 is 0 Å². The van der Waals surface area contributed by atoms with Crippen molar-refractivity contribution in [3.05, 3.63) is 57.2 Å². The Hall–Kier alpha value is -1.82. The highest BCUT2D eigenvalue weighted by molar-refractivity contribution is 14.1. The third-order valence-electron chi connectivity index (χ3n) is 3.57. The summed E-state index contributed by atoms with van der Waals surface area (Å²) in [5.74, 6) is 1.16. The number of nitrogens with two attached hydrogens (primary N) is 1. The highest BCUT2D eigenvalue weighted by Gasteiger charge is 2.20. The fourth-order valence-corrected chi connectivity index (χ4v) is 3.03. The van der Waals surface area contributed by atoms with E-state index in [1.807, 2.05) is 30.3 Å². The van der Waals surface area contributed by atoms with E-state index in [1.165, 1.54) is 5.56 Å². The lowest BCUT2D eigenvalue weighted by Crippen LogP contribution is -1.92. The molecule has 1 heterocycles. The molecule has 0 aliphatic heterocycles. The Morgan fingerprint density at radius 1 is 0.952 bits per heavy atom. The predicted octanol–water partition coefficient (Wildman–Crippen LogP) is 4.81. The molecule has 3 aromatic rings. The maximum absolute atomic E-state index is 6.06. The Bertz CT molecular complexity index is 808. The number of hydrogen-bond donors (Lipinski definition) is 1. The molecule has 1 aromatic heterocycles. The van der Waals surface area contributed by atoms with E-state index in [9.17, 15) is 0 Å². The van der Waals surface area contributed by atoms with Gasteiger partial charge in [0.2, 0.25) is 0 Å². The molecule has 4 heteroatoms. The quantitative estimate of drug-likeness (QED) is 0.639. The van der Waals surface area contributed by atoms with Crippen LogP contribution in [-0.2, 0) is 0 Å². The molecular weight excluding hydrogens is 375 g/mol. The van der Waals surface area contributed by atoms with Crippen LogP contribution in [0.4, 0.5) is 5.82 Å². The van der Waals surface area contributed by atoms with Crippen LogP contribution in [0.3, 0.4) is 0 Å². The van der Waals surface area contributed by atoms with Gasteiger partial charge in [0.05, 0.1) is 5.56 Å². The third-order valence-corrected chi connectivity index (χ3v) is 5.00. The first-order chi connectivity index (χ1) is 10.1. The molecule has 0 spiro atoms. The summed E-state index contributed by atoms with van der Waals surface area (Å²) in [6.45, 7) is 4.14. The van der Waals surface area contributed by atoms with Crippen LogP contribution in [0.2, 0.25) is 0 Å². The number of aromatic nitrogens is 1. The van der Waals surface area contributed by atoms with Crippen molar-refractivity contribution < 1.29 is 4.52 Å². The molecule has 106 valence electrons. The molecule has 0 radical (unpaired) electrons. The second kappa shape index (κ2) is 5.52. The van der Waals surface area contributed by atoms with Crippen molar-refractivity contribution in [2.75, 3.05) is 5.73 Å². The zero-order chi connectivity index (χ0) is 15.0. The summed E-state index contributed by atoms with van der Waals surface area (Å²) >= 11 is 2.33. The van der Waals surface area contributed by atoms with E-state index >= 15 is 0 Å². The first-order valence-corrected chi connectivity index (χ1v) is 7.74. The fraction of sp³-hybridized carbons (Fsp3) is 0.118. The normalized spacial score (nSPS) is 10.8. The zero-order valence-corrected chi connectivity index (χ0v) is 14.0. The number of rotatable bonds is 2. The van der Waals surface area contributed by atoms with E-state index in [2.05, 4.69) is 53.7 Å². The van der Waals surface area contributed by atoms with Crippen molar-refractivity contribution in [3.63, 3.8) is 0 Å². The number of benzene rings is 2. The van der Waals surface area contributed by atoms with Gasteiger partial charge in [-0.15, -0.1) is 0 Å². The van der Waals surface area contributed by atoms with Crippen LogP contribution in [-0.4, -0.2) is 5.16 Å². The third kappa shape index (κ3) is 2.44. The lowest BCUT2D eigenvalue weighted by molar-refractivity contribution is 0.436. The van der Waals surface area contributed by atoms with Crippen molar-refractivity contribution in [1.29, 1.82) is 0 Å². The Labute approximate surface area is 137 Å². The van der Waals surface area contributed by atoms with Gasteiger partial charge in [-0.3, -0.25) is 0 Å². The maximum Gasteiger partial charge on any atom is 0.178 e. The summed E-state index contributed by atoms with van der Waals surface area (Å²) in [6, 6.07) is 14.3. The Morgan fingerprint density at radius 3 is 2.38 bits per heavy atom. The minimum Gasteiger partial charge on any atom is -0.380 e. The molecule has 0 atom stereocenters. The summed E-state index contributed by atoms with van der Waals surface area (Å²) in [5.41, 5.74) is 11.4. The first kappa shape index (κ1) is 14.1. The lowest BCUT2D eigenvalue weighted by atomic mass is 9.97. The highest BCUT2D eigenvalue weighted by Crippen LogP contribution is 2.40. The number of hydrogen-bond acceptors (Lipinski definition) is 3. The maximum atomic E-state index is 6.06. The largest absolute Gasteiger partial charge is 0.380 e. The van der Waals surface area contributed by atoms with Gasteiger partial charge in [0.25, 0.3) is 0 Å². The van der Waals surface area contributed by atoms with Gasteiger partial charge in [0.15, 0.2) is 11.6 Å². The number of anilines is 1. The standard InChI is InChI=1S/C17H15IN2O/c1-10-6-3-4-8-12(10)14-16(21-20-17(14)19)13-9-5-7-11(2)15(13)18/h3-9H,1-2H3,(H2,19,20). The molecule has 3 nitrogen and oxygen atoms in total. The molecule has 2 aromatic carbocycles. The molecule has 2 N–H and O–H groups in total. The highest BCUT2D eigenvalue weighted by atomic mass is 127. The van der Waals surface area contributed by atoms with Crippen LogP contribution < -0.4 is 5.73 Å². The minimum atomic E-state index is 0.427. The number of nitrogens with zero attached hydrogens (tertiary/aromatic N) is 1. The van der Waals surface area contributed by atoms with Gasteiger partial charge in [-0.05, 0) is 53.1 Å². The molecule has 0 aliphatic carbocycles. The number of halogens is 1. The topological polar surface area (TPSA) is 52.0 Å². The summed E-state index contributed by atoms with van der Waals surface area (Å²) < 4.78 is 6.70. The van der Waals surface area contributed by atoms with Crippen LogP contribution in [0.1, 0.15) is 11.1 Å². The van der Waals surface area contributed by atoms with Crippen LogP contribution in [0.5, 0.6) is 0 Å². The summed E-state index contributed by atoms with van der Waals surface area (Å²) in [6.07, 6.45) is 0. The summed E-state index contributed by atoms with van der Waals surface area (Å²) in [7, 11) is 0. The van der Waals surface area contributed by atoms with Crippen molar-refractivity contribution in [1.82, 2.24) is 5.16 Å². The molecule has 0 amide bonds. The Kier molecular flexibility index (Phi) is 3.71. The zero-order valence-electron chi connectivity index (χ0n) is 11.9. The van der Waals surface area contributed by atoms with Crippen molar-refractivity contribution >= 4 is 28.4 Å². The van der Waals surface area contributed by atoms with Crippen molar-refractivity contribution in [3.8, 4) is 22.5 Å². The van der Waals surface area contributed by atoms with Crippen LogP contribution in [0.15, 0.2) is 47.0 Å². The van der Waals surface area contributed by atoms with Crippen molar-refractivity contribution in [2.24, 2.45) is 0 Å². The second-order valence-electron chi connectivity index (χ2n) is 5.02. The Morgan fingerprint density at radius 2 is 1.62 bits per heavy atom. The van der Waals surface area contributed by atoms with E-state index in [4.69, 9.17) is 10.3 Å². The van der Waals surface area contributed by atoms with Gasteiger partial charge in [-0.1, -0.05) is 47.6 Å². The second-order valence-corrected chi connectivity index (χ2v) is 6.10. The lowest BCUT2D eigenvalue weighted by Gasteiger charge is -2.08. The molecule has 0 bridgehead atoms. The number of nitrogen functional groups attached to an aromatic ring is 1. The minimum absolute atomic E-state index is 0.427. The van der Waals surface area contributed by atoms with E-state index in [0.29, 0.717) is 5.82 Å². The van der Waals surface area contributed by atoms with E-state index in [-0.39, 0.29) is 0 Å². The SMILES string of the molecule is Cc1ccccc1-c1c(N)noc1-c1cccc(C)c1I. The van der Waals surface area contributed by atoms with Gasteiger partial charge in [0.1, 0.15) is 0 Å². The molecule has 0 unspecified atom stereocenters. The average molecular weight is 390 g/mol. The summed E-state index contributed by atoms with van der Waals surface area (Å²) in [5, 5.41) is 3.98. The van der Waals surface area contributed by atoms with E-state index in [1.54, 1.807) is 0 Å². The predicted molar refractivity (Wildman–Crippen MR) is 94.0 cm³/mol. The van der Waals surface area contributed by atoms with Crippen LogP contribution in [0.25, 0.3) is 22.5 Å². The van der Waals surface area contributed by atoms with E-state index in [0.717, 1.165) is 31.6 Å². The molecule has 0 saturated heterocycles. The van der Waals surface area contributed by atoms with Crippen LogP contribution >= 0.6 is 22.6 Å². The van der Waals surface area contributed by atoms with E-state index < -0.39 is 0 Å². The van der Waals surface area contributed by atoms with Crippen LogP contribution in [0, 0.1) is 17.4 Å². The van der Waals surface area contributed by atoms with Gasteiger partial charge in [-0.2, -0.15) is 0 Å². The smallest absolute Gasteiger partial charge is 0.178 e. The fourth-order valence-electron chi connectivity index (χ4n) is 2.42. The molecule has 0 fully saturated rings.